The number of hydrogen-bond acceptors (Lipinski definition) is 5. The molecular formula is C2HN3S2. The number of nitrogens with zero attached hydrogens (tertiary/aromatic N) is 2. The molecule has 0 saturated heterocycles. The van der Waals surface area contributed by atoms with E-state index < -0.39 is 0 Å². The van der Waals surface area contributed by atoms with E-state index in [1.165, 1.54) is 0 Å². The van der Waals surface area contributed by atoms with Gasteiger partial charge in [0.2, 0.25) is 0 Å². The molecule has 7 heavy (non-hydrogen) atoms. The summed E-state index contributed by atoms with van der Waals surface area (Å²) < 4.78 is 2.40. The van der Waals surface area contributed by atoms with Gasteiger partial charge in [-0.25, -0.2) is 0 Å². The maximum atomic E-state index is 7.82. The van der Waals surface area contributed by atoms with Gasteiger partial charge in [-0.05, 0) is 0 Å². The van der Waals surface area contributed by atoms with Crippen molar-refractivity contribution in [2.45, 2.75) is 0 Å². The zero-order valence-corrected chi connectivity index (χ0v) is 4.84. The van der Waals surface area contributed by atoms with Crippen molar-refractivity contribution in [1.82, 2.24) is 4.13 Å². The highest BCUT2D eigenvalue weighted by atomic mass is 32.2. The highest BCUT2D eigenvalue weighted by molar-refractivity contribution is 8.16. The van der Waals surface area contributed by atoms with Crippen molar-refractivity contribution in [3.8, 4) is 10.8 Å². The second kappa shape index (κ2) is 5.64. The largest absolute Gasteiger partial charge is 0.184 e. The predicted molar refractivity (Wildman–Crippen MR) is 29.5 cm³/mol. The average molecular weight is 131 g/mol. The van der Waals surface area contributed by atoms with E-state index >= 15 is 0 Å². The van der Waals surface area contributed by atoms with E-state index in [1.807, 2.05) is 0 Å². The van der Waals surface area contributed by atoms with Crippen LogP contribution in [-0.2, 0) is 0 Å². The van der Waals surface area contributed by atoms with Crippen molar-refractivity contribution in [2.24, 2.45) is 0 Å². The zero-order valence-electron chi connectivity index (χ0n) is 3.21. The van der Waals surface area contributed by atoms with E-state index in [9.17, 15) is 0 Å². The highest BCUT2D eigenvalue weighted by Crippen LogP contribution is 1.96. The van der Waals surface area contributed by atoms with Crippen LogP contribution in [0.4, 0.5) is 0 Å². The van der Waals surface area contributed by atoms with Crippen LogP contribution in [0.1, 0.15) is 0 Å². The monoisotopic (exact) mass is 131 g/mol. The first-order valence-electron chi connectivity index (χ1n) is 1.26. The molecule has 36 valence electrons. The summed E-state index contributed by atoms with van der Waals surface area (Å²) in [5.41, 5.74) is 0. The normalized spacial score (nSPS) is 6.57. The summed E-state index contributed by atoms with van der Waals surface area (Å²) in [7, 11) is 0. The van der Waals surface area contributed by atoms with Crippen molar-refractivity contribution >= 4 is 23.9 Å². The fourth-order valence-corrected chi connectivity index (χ4v) is 0.523. The van der Waals surface area contributed by atoms with Gasteiger partial charge in [-0.1, -0.05) is 0 Å². The summed E-state index contributed by atoms with van der Waals surface area (Å²) in [5, 5.41) is 19.1. The van der Waals surface area contributed by atoms with Crippen molar-refractivity contribution in [1.29, 1.82) is 10.5 Å². The van der Waals surface area contributed by atoms with Gasteiger partial charge in [0, 0.05) is 23.9 Å². The molecule has 0 atom stereocenters. The molecule has 0 aliphatic carbocycles. The highest BCUT2D eigenvalue weighted by Gasteiger charge is 1.77. The molecule has 0 unspecified atom stereocenters. The van der Waals surface area contributed by atoms with Gasteiger partial charge in [-0.3, -0.25) is 0 Å². The number of rotatable bonds is 2. The van der Waals surface area contributed by atoms with Crippen LogP contribution in [0.5, 0.6) is 0 Å². The molecular weight excluding hydrogens is 130 g/mol. The molecule has 0 spiro atoms. The Bertz CT molecular complexity index is 95.1. The number of hydrogen-bond donors (Lipinski definition) is 1. The Hall–Kier alpha value is -0.360. The molecule has 0 fully saturated rings. The average Bonchev–Trinajstić information content (AvgIpc) is 1.69. The first-order valence-corrected chi connectivity index (χ1v) is 2.90. The molecule has 0 aromatic heterocycles. The van der Waals surface area contributed by atoms with Crippen molar-refractivity contribution in [2.75, 3.05) is 0 Å². The molecule has 0 aromatic carbocycles. The molecule has 0 aliphatic heterocycles. The second-order valence-electron chi connectivity index (χ2n) is 0.470. The Kier molecular flexibility index (Phi) is 5.35. The molecule has 0 saturated carbocycles. The Labute approximate surface area is 50.0 Å². The quantitative estimate of drug-likeness (QED) is 0.342. The summed E-state index contributed by atoms with van der Waals surface area (Å²) in [6.07, 6.45) is 0. The Balaban J connectivity index is 2.77. The number of nitriles is 2. The van der Waals surface area contributed by atoms with Gasteiger partial charge in [0.25, 0.3) is 0 Å². The fourth-order valence-electron chi connectivity index (χ4n) is 0.0581. The standard InChI is InChI=1S/C2HN3S2/c3-1-6-5-7-2-4/h5H. The van der Waals surface area contributed by atoms with Crippen LogP contribution >= 0.6 is 23.9 Å². The smallest absolute Gasteiger partial charge is 0.150 e. The molecule has 0 amide bonds. The first kappa shape index (κ1) is 6.64. The Morgan fingerprint density at radius 1 is 1.14 bits per heavy atom. The van der Waals surface area contributed by atoms with Gasteiger partial charge in [0.15, 0.2) is 10.8 Å². The third kappa shape index (κ3) is 5.64. The Morgan fingerprint density at radius 2 is 1.57 bits per heavy atom. The Morgan fingerprint density at radius 3 is 1.86 bits per heavy atom. The third-order valence-electron chi connectivity index (χ3n) is 0.175. The first-order chi connectivity index (χ1) is 3.41. The summed E-state index contributed by atoms with van der Waals surface area (Å²) >= 11 is 1.66. The SMILES string of the molecule is N#CSNSC#N. The molecule has 5 heteroatoms. The van der Waals surface area contributed by atoms with Crippen LogP contribution in [-0.4, -0.2) is 0 Å². The molecule has 0 aliphatic rings. The summed E-state index contributed by atoms with van der Waals surface area (Å²) in [4.78, 5) is 0. The minimum absolute atomic E-state index is 0.829. The maximum Gasteiger partial charge on any atom is 0.150 e. The molecule has 3 nitrogen and oxygen atoms in total. The predicted octanol–water partition coefficient (Wildman–Crippen LogP) is 0.835. The molecule has 0 heterocycles. The topological polar surface area (TPSA) is 59.6 Å². The van der Waals surface area contributed by atoms with Crippen molar-refractivity contribution in [3.63, 3.8) is 0 Å². The molecule has 0 rings (SSSR count). The van der Waals surface area contributed by atoms with Crippen molar-refractivity contribution in [3.05, 3.63) is 0 Å². The van der Waals surface area contributed by atoms with Crippen LogP contribution in [0.15, 0.2) is 0 Å². The zero-order chi connectivity index (χ0) is 5.54. The van der Waals surface area contributed by atoms with Gasteiger partial charge < -0.3 is 0 Å². The van der Waals surface area contributed by atoms with Gasteiger partial charge in [0.1, 0.15) is 0 Å². The van der Waals surface area contributed by atoms with Gasteiger partial charge in [0.05, 0.1) is 0 Å². The van der Waals surface area contributed by atoms with Gasteiger partial charge in [-0.15, -0.1) is 0 Å². The molecule has 1 N–H and O–H groups in total. The lowest BCUT2D eigenvalue weighted by Gasteiger charge is -1.78. The lowest BCUT2D eigenvalue weighted by Crippen LogP contribution is -1.80. The van der Waals surface area contributed by atoms with E-state index in [0.29, 0.717) is 0 Å². The fraction of sp³-hybridized carbons (Fsp3) is 0. The maximum absolute atomic E-state index is 7.82. The number of thiocyanates is 2. The van der Waals surface area contributed by atoms with E-state index in [1.54, 1.807) is 10.8 Å². The second-order valence-corrected chi connectivity index (χ2v) is 1.91. The van der Waals surface area contributed by atoms with Crippen LogP contribution in [0.2, 0.25) is 0 Å². The van der Waals surface area contributed by atoms with E-state index in [-0.39, 0.29) is 0 Å². The minimum atomic E-state index is 0.829. The van der Waals surface area contributed by atoms with Crippen LogP contribution in [0, 0.1) is 21.3 Å². The number of nitrogens with one attached hydrogen (secondary N) is 1. The van der Waals surface area contributed by atoms with Crippen LogP contribution in [0.25, 0.3) is 0 Å². The van der Waals surface area contributed by atoms with Gasteiger partial charge >= 0.3 is 0 Å². The van der Waals surface area contributed by atoms with Crippen LogP contribution < -0.4 is 4.13 Å². The summed E-state index contributed by atoms with van der Waals surface area (Å²) in [6.45, 7) is 0. The summed E-state index contributed by atoms with van der Waals surface area (Å²) in [5.74, 6) is 0. The van der Waals surface area contributed by atoms with Crippen LogP contribution in [0.3, 0.4) is 0 Å². The third-order valence-corrected chi connectivity index (χ3v) is 1.02. The lowest BCUT2D eigenvalue weighted by molar-refractivity contribution is 1.56. The minimum Gasteiger partial charge on any atom is -0.184 e. The van der Waals surface area contributed by atoms with E-state index in [4.69, 9.17) is 10.5 Å². The lowest BCUT2D eigenvalue weighted by atomic mass is 11.8. The molecule has 0 aromatic rings. The molecule has 0 radical (unpaired) electrons. The van der Waals surface area contributed by atoms with Gasteiger partial charge in [-0.2, -0.15) is 14.7 Å². The van der Waals surface area contributed by atoms with Crippen molar-refractivity contribution < 1.29 is 0 Å². The van der Waals surface area contributed by atoms with E-state index in [0.717, 1.165) is 23.9 Å². The van der Waals surface area contributed by atoms with E-state index in [2.05, 4.69) is 4.13 Å². The summed E-state index contributed by atoms with van der Waals surface area (Å²) in [6, 6.07) is 0. The molecule has 0 bridgehead atoms.